The molecule has 0 saturated carbocycles. The van der Waals surface area contributed by atoms with E-state index in [0.717, 1.165) is 5.56 Å². The maximum absolute atomic E-state index is 11.5. The Morgan fingerprint density at radius 2 is 2.39 bits per heavy atom. The lowest BCUT2D eigenvalue weighted by atomic mass is 10.2. The van der Waals surface area contributed by atoms with E-state index in [9.17, 15) is 4.79 Å². The molecule has 0 radical (unpaired) electrons. The first-order valence-electron chi connectivity index (χ1n) is 5.33. The number of thiazole rings is 1. The van der Waals surface area contributed by atoms with Crippen LogP contribution in [0.15, 0.2) is 29.8 Å². The SMILES string of the molecule is Cc1ccc(OCC(=O)Nc2nccs2)cc1N. The summed E-state index contributed by atoms with van der Waals surface area (Å²) in [6.45, 7) is 1.84. The summed E-state index contributed by atoms with van der Waals surface area (Å²) in [5, 5.41) is 4.98. The predicted octanol–water partition coefficient (Wildman–Crippen LogP) is 2.05. The molecule has 1 amide bonds. The first-order chi connectivity index (χ1) is 8.65. The van der Waals surface area contributed by atoms with E-state index in [1.165, 1.54) is 11.3 Å². The second-order valence-corrected chi connectivity index (χ2v) is 4.59. The normalized spacial score (nSPS) is 10.1. The number of rotatable bonds is 4. The third-order valence-electron chi connectivity index (χ3n) is 2.30. The second kappa shape index (κ2) is 5.50. The summed E-state index contributed by atoms with van der Waals surface area (Å²) in [5.41, 5.74) is 7.38. The van der Waals surface area contributed by atoms with Gasteiger partial charge in [-0.25, -0.2) is 4.98 Å². The van der Waals surface area contributed by atoms with E-state index in [0.29, 0.717) is 16.6 Å². The van der Waals surface area contributed by atoms with Crippen molar-refractivity contribution >= 4 is 28.1 Å². The molecule has 2 aromatic rings. The van der Waals surface area contributed by atoms with Crippen LogP contribution < -0.4 is 15.8 Å². The molecule has 0 saturated heterocycles. The molecule has 3 N–H and O–H groups in total. The van der Waals surface area contributed by atoms with Gasteiger partial charge in [-0.3, -0.25) is 10.1 Å². The van der Waals surface area contributed by atoms with Gasteiger partial charge in [-0.05, 0) is 18.6 Å². The van der Waals surface area contributed by atoms with Crippen molar-refractivity contribution in [2.75, 3.05) is 17.7 Å². The van der Waals surface area contributed by atoms with Crippen LogP contribution in [0.25, 0.3) is 0 Å². The quantitative estimate of drug-likeness (QED) is 0.828. The highest BCUT2D eigenvalue weighted by Gasteiger charge is 2.05. The number of nitrogens with one attached hydrogen (secondary N) is 1. The Bertz CT molecular complexity index is 540. The number of amides is 1. The lowest BCUT2D eigenvalue weighted by molar-refractivity contribution is -0.118. The molecule has 0 unspecified atom stereocenters. The van der Waals surface area contributed by atoms with Gasteiger partial charge < -0.3 is 10.5 Å². The van der Waals surface area contributed by atoms with Gasteiger partial charge >= 0.3 is 0 Å². The zero-order valence-electron chi connectivity index (χ0n) is 9.84. The molecule has 0 aliphatic heterocycles. The van der Waals surface area contributed by atoms with Crippen molar-refractivity contribution in [1.82, 2.24) is 4.98 Å². The average molecular weight is 263 g/mol. The summed E-state index contributed by atoms with van der Waals surface area (Å²) in [5.74, 6) is 0.330. The molecule has 5 nitrogen and oxygen atoms in total. The molecule has 1 heterocycles. The third kappa shape index (κ3) is 3.21. The minimum Gasteiger partial charge on any atom is -0.484 e. The van der Waals surface area contributed by atoms with Crippen LogP contribution in [0.2, 0.25) is 0 Å². The number of anilines is 2. The summed E-state index contributed by atoms with van der Waals surface area (Å²) in [4.78, 5) is 15.5. The summed E-state index contributed by atoms with van der Waals surface area (Å²) < 4.78 is 5.34. The molecule has 0 aliphatic rings. The highest BCUT2D eigenvalue weighted by atomic mass is 32.1. The van der Waals surface area contributed by atoms with E-state index in [4.69, 9.17) is 10.5 Å². The Morgan fingerprint density at radius 1 is 1.56 bits per heavy atom. The maximum atomic E-state index is 11.5. The topological polar surface area (TPSA) is 77.2 Å². The van der Waals surface area contributed by atoms with Crippen molar-refractivity contribution in [1.29, 1.82) is 0 Å². The van der Waals surface area contributed by atoms with Crippen molar-refractivity contribution < 1.29 is 9.53 Å². The Morgan fingerprint density at radius 3 is 3.06 bits per heavy atom. The number of hydrogen-bond acceptors (Lipinski definition) is 5. The molecule has 1 aromatic carbocycles. The zero-order valence-corrected chi connectivity index (χ0v) is 10.7. The Balaban J connectivity index is 1.87. The van der Waals surface area contributed by atoms with Gasteiger partial charge in [0.05, 0.1) is 0 Å². The van der Waals surface area contributed by atoms with E-state index < -0.39 is 0 Å². The van der Waals surface area contributed by atoms with Crippen LogP contribution in [0, 0.1) is 6.92 Å². The van der Waals surface area contributed by atoms with Gasteiger partial charge in [0.15, 0.2) is 11.7 Å². The molecule has 0 fully saturated rings. The zero-order chi connectivity index (χ0) is 13.0. The first-order valence-corrected chi connectivity index (χ1v) is 6.21. The number of ether oxygens (including phenoxy) is 1. The van der Waals surface area contributed by atoms with Crippen LogP contribution in [0.4, 0.5) is 10.8 Å². The van der Waals surface area contributed by atoms with Gasteiger partial charge in [0.2, 0.25) is 0 Å². The number of carbonyl (C=O) groups is 1. The number of nitrogens with zero attached hydrogens (tertiary/aromatic N) is 1. The third-order valence-corrected chi connectivity index (χ3v) is 2.99. The van der Waals surface area contributed by atoms with Gasteiger partial charge in [0.25, 0.3) is 5.91 Å². The van der Waals surface area contributed by atoms with Crippen molar-refractivity contribution in [3.05, 3.63) is 35.3 Å². The van der Waals surface area contributed by atoms with Crippen LogP contribution in [-0.2, 0) is 4.79 Å². The lowest BCUT2D eigenvalue weighted by Crippen LogP contribution is -2.20. The van der Waals surface area contributed by atoms with Gasteiger partial charge in [-0.2, -0.15) is 0 Å². The van der Waals surface area contributed by atoms with Crippen molar-refractivity contribution in [3.8, 4) is 5.75 Å². The van der Waals surface area contributed by atoms with Crippen molar-refractivity contribution in [3.63, 3.8) is 0 Å². The Kier molecular flexibility index (Phi) is 3.78. The average Bonchev–Trinajstić information content (AvgIpc) is 2.83. The van der Waals surface area contributed by atoms with E-state index in [1.54, 1.807) is 23.7 Å². The Labute approximate surface area is 109 Å². The smallest absolute Gasteiger partial charge is 0.264 e. The molecular weight excluding hydrogens is 250 g/mol. The van der Waals surface area contributed by atoms with E-state index in [2.05, 4.69) is 10.3 Å². The molecule has 2 rings (SSSR count). The molecule has 1 aromatic heterocycles. The largest absolute Gasteiger partial charge is 0.484 e. The van der Waals surface area contributed by atoms with Crippen LogP contribution >= 0.6 is 11.3 Å². The minimum absolute atomic E-state index is 0.0674. The fraction of sp³-hybridized carbons (Fsp3) is 0.167. The number of hydrogen-bond donors (Lipinski definition) is 2. The predicted molar refractivity (Wildman–Crippen MR) is 71.8 cm³/mol. The number of aryl methyl sites for hydroxylation is 1. The highest BCUT2D eigenvalue weighted by molar-refractivity contribution is 7.13. The highest BCUT2D eigenvalue weighted by Crippen LogP contribution is 2.19. The molecule has 0 aliphatic carbocycles. The summed E-state index contributed by atoms with van der Waals surface area (Å²) in [6.07, 6.45) is 1.63. The number of nitrogens with two attached hydrogens (primary N) is 1. The molecule has 0 bridgehead atoms. The van der Waals surface area contributed by atoms with Crippen molar-refractivity contribution in [2.45, 2.75) is 6.92 Å². The molecule has 0 atom stereocenters. The van der Waals surface area contributed by atoms with Crippen LogP contribution in [0.3, 0.4) is 0 Å². The second-order valence-electron chi connectivity index (χ2n) is 3.69. The van der Waals surface area contributed by atoms with Gasteiger partial charge in [0.1, 0.15) is 5.75 Å². The summed E-state index contributed by atoms with van der Waals surface area (Å²) in [6, 6.07) is 5.33. The lowest BCUT2D eigenvalue weighted by Gasteiger charge is -2.07. The number of aromatic nitrogens is 1. The summed E-state index contributed by atoms with van der Waals surface area (Å²) >= 11 is 1.36. The maximum Gasteiger partial charge on any atom is 0.264 e. The number of nitrogen functional groups attached to an aromatic ring is 1. The number of carbonyl (C=O) groups excluding carboxylic acids is 1. The number of benzene rings is 1. The first kappa shape index (κ1) is 12.4. The molecule has 18 heavy (non-hydrogen) atoms. The van der Waals surface area contributed by atoms with E-state index >= 15 is 0 Å². The molecule has 94 valence electrons. The molecule has 6 heteroatoms. The molecular formula is C12H13N3O2S. The fourth-order valence-corrected chi connectivity index (χ4v) is 1.84. The van der Waals surface area contributed by atoms with E-state index in [-0.39, 0.29) is 12.5 Å². The summed E-state index contributed by atoms with van der Waals surface area (Å²) in [7, 11) is 0. The van der Waals surface area contributed by atoms with Crippen LogP contribution in [0.5, 0.6) is 5.75 Å². The Hall–Kier alpha value is -2.08. The van der Waals surface area contributed by atoms with Crippen molar-refractivity contribution in [2.24, 2.45) is 0 Å². The standard InChI is InChI=1S/C12H13N3O2S/c1-8-2-3-9(6-10(8)13)17-7-11(16)15-12-14-4-5-18-12/h2-6H,7,13H2,1H3,(H,14,15,16). The minimum atomic E-state index is -0.246. The van der Waals surface area contributed by atoms with Gasteiger partial charge in [0, 0.05) is 23.3 Å². The molecule has 0 spiro atoms. The fourth-order valence-electron chi connectivity index (χ4n) is 1.30. The monoisotopic (exact) mass is 263 g/mol. The van der Waals surface area contributed by atoms with Crippen LogP contribution in [0.1, 0.15) is 5.56 Å². The van der Waals surface area contributed by atoms with Gasteiger partial charge in [-0.1, -0.05) is 6.07 Å². The van der Waals surface area contributed by atoms with E-state index in [1.807, 2.05) is 13.0 Å². The van der Waals surface area contributed by atoms with Gasteiger partial charge in [-0.15, -0.1) is 11.3 Å². The van der Waals surface area contributed by atoms with Crippen LogP contribution in [-0.4, -0.2) is 17.5 Å².